The fourth-order valence-electron chi connectivity index (χ4n) is 5.29. The van der Waals surface area contributed by atoms with Crippen molar-refractivity contribution in [1.29, 1.82) is 0 Å². The van der Waals surface area contributed by atoms with Crippen molar-refractivity contribution < 1.29 is 14.3 Å². The molecule has 5 nitrogen and oxygen atoms in total. The van der Waals surface area contributed by atoms with Crippen molar-refractivity contribution in [3.63, 3.8) is 0 Å². The van der Waals surface area contributed by atoms with E-state index in [4.69, 9.17) is 9.47 Å². The largest absolute Gasteiger partial charge is 0.448 e. The zero-order chi connectivity index (χ0) is 24.5. The molecule has 1 aliphatic carbocycles. The lowest BCUT2D eigenvalue weighted by Crippen LogP contribution is -2.41. The van der Waals surface area contributed by atoms with Gasteiger partial charge >= 0.3 is 6.09 Å². The van der Waals surface area contributed by atoms with E-state index in [1.807, 2.05) is 11.0 Å². The van der Waals surface area contributed by atoms with Crippen molar-refractivity contribution in [2.24, 2.45) is 0 Å². The number of likely N-dealkylation sites (N-methyl/N-ethyl adjacent to an activating group) is 1. The number of rotatable bonds is 12. The minimum atomic E-state index is -0.202. The molecule has 0 unspecified atom stereocenters. The van der Waals surface area contributed by atoms with Crippen LogP contribution in [0.3, 0.4) is 0 Å². The lowest BCUT2D eigenvalue weighted by Gasteiger charge is -2.31. The Morgan fingerprint density at radius 3 is 2.29 bits per heavy atom. The lowest BCUT2D eigenvalue weighted by molar-refractivity contribution is 0.00408. The number of hydrogen-bond acceptors (Lipinski definition) is 4. The van der Waals surface area contributed by atoms with Crippen LogP contribution < -0.4 is 0 Å². The summed E-state index contributed by atoms with van der Waals surface area (Å²) in [6, 6.07) is 16.9. The quantitative estimate of drug-likeness (QED) is 0.274. The molecule has 1 amide bonds. The summed E-state index contributed by atoms with van der Waals surface area (Å²) in [6.45, 7) is 8.47. The van der Waals surface area contributed by atoms with Crippen LogP contribution in [-0.2, 0) is 9.47 Å². The fourth-order valence-corrected chi connectivity index (χ4v) is 5.29. The van der Waals surface area contributed by atoms with Gasteiger partial charge in [-0.1, -0.05) is 67.4 Å². The molecule has 0 radical (unpaired) electrons. The summed E-state index contributed by atoms with van der Waals surface area (Å²) in [7, 11) is 2.14. The van der Waals surface area contributed by atoms with Crippen molar-refractivity contribution in [2.75, 3.05) is 46.4 Å². The van der Waals surface area contributed by atoms with Gasteiger partial charge in [-0.15, -0.1) is 6.58 Å². The van der Waals surface area contributed by atoms with Crippen LogP contribution in [0.1, 0.15) is 55.6 Å². The standard InChI is InChI=1S/C30H40N2O3/c1-3-18-31(2)19-10-4-5-11-22-34-24-16-20-32(21-17-24)30(33)35-23-29-27-14-8-6-12-25(27)26-13-7-9-15-28(26)29/h3,6-9,12-15,24,29H,1,4-5,10-11,16-23H2,2H3. The first-order valence-electron chi connectivity index (χ1n) is 13.2. The van der Waals surface area contributed by atoms with Crippen molar-refractivity contribution in [2.45, 2.75) is 50.5 Å². The van der Waals surface area contributed by atoms with Gasteiger partial charge in [0.25, 0.3) is 0 Å². The molecular formula is C30H40N2O3. The normalized spacial score (nSPS) is 15.8. The van der Waals surface area contributed by atoms with E-state index in [-0.39, 0.29) is 18.1 Å². The highest BCUT2D eigenvalue weighted by Crippen LogP contribution is 2.44. The summed E-state index contributed by atoms with van der Waals surface area (Å²) in [5.74, 6) is 0.106. The molecule has 1 fully saturated rings. The number of carbonyl (C=O) groups is 1. The number of ether oxygens (including phenoxy) is 2. The van der Waals surface area contributed by atoms with Gasteiger partial charge in [0.05, 0.1) is 6.10 Å². The number of piperidine rings is 1. The molecule has 0 atom stereocenters. The predicted octanol–water partition coefficient (Wildman–Crippen LogP) is 6.09. The first-order valence-corrected chi connectivity index (χ1v) is 13.2. The van der Waals surface area contributed by atoms with E-state index in [1.54, 1.807) is 0 Å². The van der Waals surface area contributed by atoms with Crippen molar-refractivity contribution in [3.05, 3.63) is 72.3 Å². The molecule has 0 N–H and O–H groups in total. The van der Waals surface area contributed by atoms with Crippen LogP contribution in [0.2, 0.25) is 0 Å². The van der Waals surface area contributed by atoms with E-state index in [2.05, 4.69) is 67.1 Å². The minimum absolute atomic E-state index is 0.106. The van der Waals surface area contributed by atoms with E-state index < -0.39 is 0 Å². The second-order valence-corrected chi connectivity index (χ2v) is 9.83. The van der Waals surface area contributed by atoms with Crippen LogP contribution in [-0.4, -0.2) is 68.4 Å². The molecule has 0 aromatic heterocycles. The topological polar surface area (TPSA) is 42.0 Å². The van der Waals surface area contributed by atoms with E-state index in [9.17, 15) is 4.79 Å². The number of fused-ring (bicyclic) bond motifs is 3. The predicted molar refractivity (Wildman–Crippen MR) is 142 cm³/mol. The molecule has 1 aliphatic heterocycles. The molecule has 1 saturated heterocycles. The van der Waals surface area contributed by atoms with Gasteiger partial charge in [-0.25, -0.2) is 4.79 Å². The maximum Gasteiger partial charge on any atom is 0.409 e. The number of hydrogen-bond donors (Lipinski definition) is 0. The summed E-state index contributed by atoms with van der Waals surface area (Å²) in [6.07, 6.45) is 8.56. The molecule has 35 heavy (non-hydrogen) atoms. The Hall–Kier alpha value is -2.63. The third-order valence-corrected chi connectivity index (χ3v) is 7.26. The number of carbonyl (C=O) groups excluding carboxylic acids is 1. The molecule has 2 aromatic rings. The Labute approximate surface area is 210 Å². The Balaban J connectivity index is 1.13. The summed E-state index contributed by atoms with van der Waals surface area (Å²) in [5, 5.41) is 0. The number of amides is 1. The van der Waals surface area contributed by atoms with Crippen LogP contribution in [0, 0.1) is 0 Å². The van der Waals surface area contributed by atoms with E-state index in [0.717, 1.165) is 39.0 Å². The Bertz CT molecular complexity index is 922. The Morgan fingerprint density at radius 1 is 1.00 bits per heavy atom. The molecule has 0 bridgehead atoms. The highest BCUT2D eigenvalue weighted by molar-refractivity contribution is 5.79. The molecule has 4 rings (SSSR count). The summed E-state index contributed by atoms with van der Waals surface area (Å²) in [4.78, 5) is 16.9. The fraction of sp³-hybridized carbons (Fsp3) is 0.500. The summed E-state index contributed by atoms with van der Waals surface area (Å²) in [5.41, 5.74) is 5.00. The smallest absolute Gasteiger partial charge is 0.409 e. The van der Waals surface area contributed by atoms with Gasteiger partial charge in [0.15, 0.2) is 0 Å². The van der Waals surface area contributed by atoms with Crippen molar-refractivity contribution in [1.82, 2.24) is 9.80 Å². The molecule has 2 aliphatic rings. The first kappa shape index (κ1) is 25.5. The number of unbranched alkanes of at least 4 members (excludes halogenated alkanes) is 3. The lowest BCUT2D eigenvalue weighted by atomic mass is 9.98. The van der Waals surface area contributed by atoms with E-state index >= 15 is 0 Å². The molecule has 188 valence electrons. The number of nitrogens with zero attached hydrogens (tertiary/aromatic N) is 2. The van der Waals surface area contributed by atoms with Crippen LogP contribution in [0.25, 0.3) is 11.1 Å². The maximum atomic E-state index is 12.8. The second kappa shape index (κ2) is 12.9. The minimum Gasteiger partial charge on any atom is -0.448 e. The van der Waals surface area contributed by atoms with Gasteiger partial charge in [0.1, 0.15) is 6.61 Å². The van der Waals surface area contributed by atoms with Gasteiger partial charge < -0.3 is 19.3 Å². The van der Waals surface area contributed by atoms with Gasteiger partial charge in [-0.3, -0.25) is 0 Å². The van der Waals surface area contributed by atoms with Crippen molar-refractivity contribution >= 4 is 6.09 Å². The average molecular weight is 477 g/mol. The third-order valence-electron chi connectivity index (χ3n) is 7.26. The zero-order valence-electron chi connectivity index (χ0n) is 21.2. The van der Waals surface area contributed by atoms with E-state index in [0.29, 0.717) is 19.7 Å². The monoisotopic (exact) mass is 476 g/mol. The molecule has 1 heterocycles. The molecule has 2 aromatic carbocycles. The van der Waals surface area contributed by atoms with Gasteiger partial charge in [0, 0.05) is 32.2 Å². The van der Waals surface area contributed by atoms with Crippen LogP contribution in [0.4, 0.5) is 4.79 Å². The van der Waals surface area contributed by atoms with Crippen LogP contribution in [0.5, 0.6) is 0 Å². The van der Waals surface area contributed by atoms with Crippen LogP contribution >= 0.6 is 0 Å². The summed E-state index contributed by atoms with van der Waals surface area (Å²) < 4.78 is 11.9. The Morgan fingerprint density at radius 2 is 1.63 bits per heavy atom. The van der Waals surface area contributed by atoms with E-state index in [1.165, 1.54) is 41.5 Å². The SMILES string of the molecule is C=CCN(C)CCCCCCOC1CCN(C(=O)OCC2c3ccccc3-c3ccccc32)CC1. The molecule has 0 spiro atoms. The van der Waals surface area contributed by atoms with Gasteiger partial charge in [-0.2, -0.15) is 0 Å². The highest BCUT2D eigenvalue weighted by atomic mass is 16.6. The number of likely N-dealkylation sites (tertiary alicyclic amines) is 1. The van der Waals surface area contributed by atoms with Crippen LogP contribution in [0.15, 0.2) is 61.2 Å². The maximum absolute atomic E-state index is 12.8. The van der Waals surface area contributed by atoms with Gasteiger partial charge in [0.2, 0.25) is 0 Å². The molecule has 5 heteroatoms. The highest BCUT2D eigenvalue weighted by Gasteiger charge is 2.30. The zero-order valence-corrected chi connectivity index (χ0v) is 21.2. The average Bonchev–Trinajstić information content (AvgIpc) is 3.21. The Kier molecular flexibility index (Phi) is 9.38. The molecule has 0 saturated carbocycles. The first-order chi connectivity index (χ1) is 17.2. The third kappa shape index (κ3) is 6.74. The molecular weight excluding hydrogens is 436 g/mol. The van der Waals surface area contributed by atoms with Crippen molar-refractivity contribution in [3.8, 4) is 11.1 Å². The van der Waals surface area contributed by atoms with Gasteiger partial charge in [-0.05, 0) is 61.5 Å². The summed E-state index contributed by atoms with van der Waals surface area (Å²) >= 11 is 0. The number of benzene rings is 2. The second-order valence-electron chi connectivity index (χ2n) is 9.83.